The third kappa shape index (κ3) is 4.15. The molecular formula is C19H20ClN3O2S. The first-order chi connectivity index (χ1) is 12.5. The monoisotopic (exact) mass is 389 g/mol. The van der Waals surface area contributed by atoms with E-state index in [0.717, 1.165) is 15.2 Å². The third-order valence-electron chi connectivity index (χ3n) is 4.18. The van der Waals surface area contributed by atoms with Crippen LogP contribution in [0.5, 0.6) is 5.75 Å². The van der Waals surface area contributed by atoms with Crippen molar-refractivity contribution in [2.24, 2.45) is 0 Å². The number of carbonyl (C=O) groups excluding carboxylic acids is 1. The lowest BCUT2D eigenvalue weighted by Crippen LogP contribution is -2.39. The van der Waals surface area contributed by atoms with Crippen LogP contribution in [0.25, 0.3) is 10.2 Å². The molecule has 7 heteroatoms. The van der Waals surface area contributed by atoms with E-state index in [1.807, 2.05) is 37.1 Å². The summed E-state index contributed by atoms with van der Waals surface area (Å²) >= 11 is 7.67. The number of hydrogen-bond acceptors (Lipinski definition) is 5. The molecule has 3 aromatic rings. The standard InChI is InChI=1S/C19H20ClN3O2S/c1-12(19(24)22-15-10-13(20)8-9-16(15)25-3)23(2)11-18-21-14-6-4-5-7-17(14)26-18/h4-10,12H,11H2,1-3H3,(H,22,24)/t12-/m1/s1. The van der Waals surface area contributed by atoms with E-state index >= 15 is 0 Å². The maximum absolute atomic E-state index is 12.6. The molecule has 0 saturated carbocycles. The van der Waals surface area contributed by atoms with Crippen LogP contribution in [0.15, 0.2) is 42.5 Å². The number of fused-ring (bicyclic) bond motifs is 1. The van der Waals surface area contributed by atoms with E-state index in [4.69, 9.17) is 16.3 Å². The SMILES string of the molecule is COc1ccc(Cl)cc1NC(=O)[C@@H](C)N(C)Cc1nc2ccccc2s1. The van der Waals surface area contributed by atoms with Gasteiger partial charge in [0.1, 0.15) is 10.8 Å². The Labute approximate surface area is 161 Å². The minimum Gasteiger partial charge on any atom is -0.495 e. The molecule has 0 spiro atoms. The molecule has 2 aromatic carbocycles. The summed E-state index contributed by atoms with van der Waals surface area (Å²) in [5.41, 5.74) is 1.55. The molecule has 0 fully saturated rings. The molecule has 1 amide bonds. The van der Waals surface area contributed by atoms with Gasteiger partial charge in [0.25, 0.3) is 0 Å². The number of amides is 1. The van der Waals surface area contributed by atoms with E-state index in [9.17, 15) is 4.79 Å². The number of anilines is 1. The number of carbonyl (C=O) groups is 1. The summed E-state index contributed by atoms with van der Waals surface area (Å²) in [6.45, 7) is 2.46. The van der Waals surface area contributed by atoms with Gasteiger partial charge in [-0.15, -0.1) is 11.3 Å². The van der Waals surface area contributed by atoms with Crippen molar-refractivity contribution in [3.8, 4) is 5.75 Å². The van der Waals surface area contributed by atoms with Crippen molar-refractivity contribution in [1.82, 2.24) is 9.88 Å². The molecule has 136 valence electrons. The number of methoxy groups -OCH3 is 1. The van der Waals surface area contributed by atoms with E-state index in [0.29, 0.717) is 23.0 Å². The van der Waals surface area contributed by atoms with Crippen LogP contribution in [0.3, 0.4) is 0 Å². The van der Waals surface area contributed by atoms with Crippen molar-refractivity contribution in [3.05, 3.63) is 52.5 Å². The van der Waals surface area contributed by atoms with Gasteiger partial charge in [-0.1, -0.05) is 23.7 Å². The Bertz CT molecular complexity index is 895. The second-order valence-corrected chi connectivity index (χ2v) is 7.55. The number of benzene rings is 2. The quantitative estimate of drug-likeness (QED) is 0.678. The Morgan fingerprint density at radius 1 is 1.35 bits per heavy atom. The average Bonchev–Trinajstić information content (AvgIpc) is 3.03. The minimum absolute atomic E-state index is 0.130. The Morgan fingerprint density at radius 3 is 2.85 bits per heavy atom. The van der Waals surface area contributed by atoms with Gasteiger partial charge in [0.2, 0.25) is 5.91 Å². The van der Waals surface area contributed by atoms with Crippen LogP contribution < -0.4 is 10.1 Å². The van der Waals surface area contributed by atoms with E-state index in [1.54, 1.807) is 36.6 Å². The van der Waals surface area contributed by atoms with Gasteiger partial charge in [0, 0.05) is 5.02 Å². The number of thiazole rings is 1. The maximum Gasteiger partial charge on any atom is 0.241 e. The summed E-state index contributed by atoms with van der Waals surface area (Å²) < 4.78 is 6.43. The molecule has 0 radical (unpaired) electrons. The molecule has 1 N–H and O–H groups in total. The summed E-state index contributed by atoms with van der Waals surface area (Å²) in [6, 6.07) is 12.8. The number of nitrogens with zero attached hydrogens (tertiary/aromatic N) is 2. The number of nitrogens with one attached hydrogen (secondary N) is 1. The van der Waals surface area contributed by atoms with Gasteiger partial charge in [0.15, 0.2) is 0 Å². The van der Waals surface area contributed by atoms with Crippen LogP contribution in [0.1, 0.15) is 11.9 Å². The molecule has 5 nitrogen and oxygen atoms in total. The summed E-state index contributed by atoms with van der Waals surface area (Å²) in [5.74, 6) is 0.443. The van der Waals surface area contributed by atoms with Crippen LogP contribution in [-0.2, 0) is 11.3 Å². The molecule has 1 heterocycles. The maximum atomic E-state index is 12.6. The highest BCUT2D eigenvalue weighted by atomic mass is 35.5. The normalized spacial score (nSPS) is 12.3. The third-order valence-corrected chi connectivity index (χ3v) is 5.44. The first-order valence-electron chi connectivity index (χ1n) is 8.17. The Balaban J connectivity index is 1.68. The minimum atomic E-state index is -0.342. The Kier molecular flexibility index (Phi) is 5.76. The van der Waals surface area contributed by atoms with Gasteiger partial charge in [-0.3, -0.25) is 9.69 Å². The molecule has 0 aliphatic rings. The summed E-state index contributed by atoms with van der Waals surface area (Å²) in [6.07, 6.45) is 0. The number of aromatic nitrogens is 1. The molecular weight excluding hydrogens is 370 g/mol. The van der Waals surface area contributed by atoms with Crippen molar-refractivity contribution in [2.75, 3.05) is 19.5 Å². The second-order valence-electron chi connectivity index (χ2n) is 6.00. The number of halogens is 1. The predicted molar refractivity (Wildman–Crippen MR) is 107 cm³/mol. The van der Waals surface area contributed by atoms with Crippen molar-refractivity contribution < 1.29 is 9.53 Å². The van der Waals surface area contributed by atoms with Gasteiger partial charge < -0.3 is 10.1 Å². The Morgan fingerprint density at radius 2 is 2.12 bits per heavy atom. The van der Waals surface area contributed by atoms with E-state index in [1.165, 1.54) is 0 Å². The lowest BCUT2D eigenvalue weighted by molar-refractivity contribution is -0.120. The van der Waals surface area contributed by atoms with E-state index in [-0.39, 0.29) is 11.9 Å². The van der Waals surface area contributed by atoms with Gasteiger partial charge in [-0.2, -0.15) is 0 Å². The van der Waals surface area contributed by atoms with E-state index in [2.05, 4.69) is 16.4 Å². The topological polar surface area (TPSA) is 54.5 Å². The van der Waals surface area contributed by atoms with Crippen LogP contribution in [0, 0.1) is 0 Å². The average molecular weight is 390 g/mol. The second kappa shape index (κ2) is 8.03. The van der Waals surface area contributed by atoms with Gasteiger partial charge >= 0.3 is 0 Å². The van der Waals surface area contributed by atoms with Crippen LogP contribution in [-0.4, -0.2) is 36.0 Å². The zero-order valence-electron chi connectivity index (χ0n) is 14.8. The van der Waals surface area contributed by atoms with Crippen molar-refractivity contribution >= 4 is 44.7 Å². The Hall–Kier alpha value is -2.15. The lowest BCUT2D eigenvalue weighted by atomic mass is 10.2. The lowest BCUT2D eigenvalue weighted by Gasteiger charge is -2.23. The molecule has 0 bridgehead atoms. The molecule has 0 unspecified atom stereocenters. The molecule has 0 aliphatic carbocycles. The van der Waals surface area contributed by atoms with Gasteiger partial charge in [-0.25, -0.2) is 4.98 Å². The number of rotatable bonds is 6. The molecule has 3 rings (SSSR count). The van der Waals surface area contributed by atoms with Crippen molar-refractivity contribution in [2.45, 2.75) is 19.5 Å². The molecule has 26 heavy (non-hydrogen) atoms. The highest BCUT2D eigenvalue weighted by Gasteiger charge is 2.20. The summed E-state index contributed by atoms with van der Waals surface area (Å²) in [7, 11) is 3.47. The van der Waals surface area contributed by atoms with Gasteiger partial charge in [0.05, 0.1) is 35.6 Å². The molecule has 1 aromatic heterocycles. The van der Waals surface area contributed by atoms with Crippen molar-refractivity contribution in [3.63, 3.8) is 0 Å². The van der Waals surface area contributed by atoms with Gasteiger partial charge in [-0.05, 0) is 44.3 Å². The highest BCUT2D eigenvalue weighted by Crippen LogP contribution is 2.28. The van der Waals surface area contributed by atoms with Crippen LogP contribution in [0.4, 0.5) is 5.69 Å². The number of para-hydroxylation sites is 1. The fourth-order valence-electron chi connectivity index (χ4n) is 2.55. The largest absolute Gasteiger partial charge is 0.495 e. The van der Waals surface area contributed by atoms with E-state index < -0.39 is 0 Å². The molecule has 0 saturated heterocycles. The molecule has 1 atom stereocenters. The zero-order valence-corrected chi connectivity index (χ0v) is 16.4. The van der Waals surface area contributed by atoms with Crippen LogP contribution >= 0.6 is 22.9 Å². The zero-order chi connectivity index (χ0) is 18.7. The predicted octanol–water partition coefficient (Wildman–Crippen LogP) is 4.42. The smallest absolute Gasteiger partial charge is 0.241 e. The first-order valence-corrected chi connectivity index (χ1v) is 9.36. The number of ether oxygens (including phenoxy) is 1. The number of hydrogen-bond donors (Lipinski definition) is 1. The van der Waals surface area contributed by atoms with Crippen LogP contribution in [0.2, 0.25) is 5.02 Å². The fraction of sp³-hybridized carbons (Fsp3) is 0.263. The fourth-order valence-corrected chi connectivity index (χ4v) is 3.76. The summed E-state index contributed by atoms with van der Waals surface area (Å²) in [4.78, 5) is 19.2. The van der Waals surface area contributed by atoms with Crippen molar-refractivity contribution in [1.29, 1.82) is 0 Å². The molecule has 0 aliphatic heterocycles. The summed E-state index contributed by atoms with van der Waals surface area (Å²) in [5, 5.41) is 4.41. The first kappa shape index (κ1) is 18.6. The highest BCUT2D eigenvalue weighted by molar-refractivity contribution is 7.18. The number of likely N-dealkylation sites (N-methyl/N-ethyl adjacent to an activating group) is 1.